The van der Waals surface area contributed by atoms with E-state index in [0.29, 0.717) is 5.75 Å². The van der Waals surface area contributed by atoms with Crippen LogP contribution in [0.1, 0.15) is 30.5 Å². The van der Waals surface area contributed by atoms with Gasteiger partial charge in [-0.15, -0.1) is 0 Å². The molecule has 0 amide bonds. The van der Waals surface area contributed by atoms with Gasteiger partial charge < -0.3 is 9.84 Å². The molecule has 0 aromatic heterocycles. The van der Waals surface area contributed by atoms with E-state index >= 15 is 0 Å². The monoisotopic (exact) mass is 235 g/mol. The molecule has 1 aliphatic rings. The van der Waals surface area contributed by atoms with Crippen LogP contribution in [0.3, 0.4) is 0 Å². The molecule has 1 unspecified atom stereocenters. The number of esters is 1. The van der Waals surface area contributed by atoms with Crippen LogP contribution >= 0.6 is 0 Å². The molecule has 0 fully saturated rings. The van der Waals surface area contributed by atoms with Crippen molar-refractivity contribution in [2.45, 2.75) is 31.8 Å². The highest BCUT2D eigenvalue weighted by Gasteiger charge is 2.27. The number of fused-ring (bicyclic) bond motifs is 1. The Kier molecular flexibility index (Phi) is 3.33. The van der Waals surface area contributed by atoms with Crippen LogP contribution in [0, 0.1) is 0 Å². The van der Waals surface area contributed by atoms with E-state index < -0.39 is 0 Å². The van der Waals surface area contributed by atoms with Crippen LogP contribution in [0.4, 0.5) is 0 Å². The first-order valence-electron chi connectivity index (χ1n) is 5.78. The van der Waals surface area contributed by atoms with E-state index in [1.54, 1.807) is 13.0 Å². The zero-order chi connectivity index (χ0) is 12.4. The number of carbonyl (C=O) groups is 1. The molecule has 0 spiro atoms. The minimum atomic E-state index is -0.335. The highest BCUT2D eigenvalue weighted by atomic mass is 16.5. The Bertz CT molecular complexity index is 431. The lowest BCUT2D eigenvalue weighted by molar-refractivity contribution is -0.142. The van der Waals surface area contributed by atoms with Crippen LogP contribution in [0.5, 0.6) is 5.75 Å². The number of phenols is 1. The molecule has 2 rings (SSSR count). The highest BCUT2D eigenvalue weighted by Crippen LogP contribution is 2.36. The van der Waals surface area contributed by atoms with Crippen LogP contribution in [0.15, 0.2) is 18.2 Å². The van der Waals surface area contributed by atoms with Crippen molar-refractivity contribution < 1.29 is 14.6 Å². The summed E-state index contributed by atoms with van der Waals surface area (Å²) >= 11 is 0. The van der Waals surface area contributed by atoms with Gasteiger partial charge in [0.25, 0.3) is 0 Å². The lowest BCUT2D eigenvalue weighted by Crippen LogP contribution is -2.36. The van der Waals surface area contributed by atoms with E-state index in [9.17, 15) is 9.90 Å². The Morgan fingerprint density at radius 2 is 2.35 bits per heavy atom. The predicted molar refractivity (Wildman–Crippen MR) is 63.8 cm³/mol. The Balaban J connectivity index is 2.12. The lowest BCUT2D eigenvalue weighted by Gasteiger charge is -2.18. The summed E-state index contributed by atoms with van der Waals surface area (Å²) in [4.78, 5) is 11.3. The maximum Gasteiger partial charge on any atom is 0.322 e. The van der Waals surface area contributed by atoms with Crippen molar-refractivity contribution in [2.24, 2.45) is 0 Å². The molecule has 0 radical (unpaired) electrons. The first-order valence-corrected chi connectivity index (χ1v) is 5.78. The first kappa shape index (κ1) is 11.9. The maximum atomic E-state index is 11.3. The fraction of sp³-hybridized carbons (Fsp3) is 0.462. The molecular formula is C13H17NO3. The SMILES string of the molecule is COC(=O)[C@H](C)NC1CCc2c(O)cccc21. The largest absolute Gasteiger partial charge is 0.508 e. The second-order valence-electron chi connectivity index (χ2n) is 4.35. The molecule has 0 heterocycles. The van der Waals surface area contributed by atoms with Gasteiger partial charge in [-0.25, -0.2) is 0 Å². The number of hydrogen-bond acceptors (Lipinski definition) is 4. The van der Waals surface area contributed by atoms with Crippen molar-refractivity contribution >= 4 is 5.97 Å². The minimum Gasteiger partial charge on any atom is -0.508 e. The van der Waals surface area contributed by atoms with Gasteiger partial charge in [0.1, 0.15) is 11.8 Å². The van der Waals surface area contributed by atoms with Crippen LogP contribution in [0.25, 0.3) is 0 Å². The van der Waals surface area contributed by atoms with Crippen LogP contribution < -0.4 is 5.32 Å². The third-order valence-electron chi connectivity index (χ3n) is 3.25. The van der Waals surface area contributed by atoms with Gasteiger partial charge in [0, 0.05) is 6.04 Å². The standard InChI is InChI=1S/C13H17NO3/c1-8(13(16)17-2)14-11-7-6-10-9(11)4-3-5-12(10)15/h3-5,8,11,14-15H,6-7H2,1-2H3/t8-,11?/m0/s1. The molecule has 2 N–H and O–H groups in total. The molecule has 17 heavy (non-hydrogen) atoms. The summed E-state index contributed by atoms with van der Waals surface area (Å²) in [7, 11) is 1.38. The smallest absolute Gasteiger partial charge is 0.322 e. The number of benzene rings is 1. The van der Waals surface area contributed by atoms with Crippen molar-refractivity contribution in [3.05, 3.63) is 29.3 Å². The van der Waals surface area contributed by atoms with Gasteiger partial charge >= 0.3 is 5.97 Å². The number of hydrogen-bond donors (Lipinski definition) is 2. The molecular weight excluding hydrogens is 218 g/mol. The van der Waals surface area contributed by atoms with Crippen molar-refractivity contribution in [3.8, 4) is 5.75 Å². The summed E-state index contributed by atoms with van der Waals surface area (Å²) in [6.07, 6.45) is 1.74. The van der Waals surface area contributed by atoms with Crippen LogP contribution in [0.2, 0.25) is 0 Å². The van der Waals surface area contributed by atoms with Gasteiger partial charge in [-0.05, 0) is 37.0 Å². The lowest BCUT2D eigenvalue weighted by atomic mass is 10.1. The van der Waals surface area contributed by atoms with Crippen LogP contribution in [-0.4, -0.2) is 24.2 Å². The summed E-state index contributed by atoms with van der Waals surface area (Å²) in [5.74, 6) is 0.0797. The van der Waals surface area contributed by atoms with Gasteiger partial charge in [0.05, 0.1) is 7.11 Å². The molecule has 0 saturated carbocycles. The Morgan fingerprint density at radius 3 is 3.06 bits per heavy atom. The summed E-state index contributed by atoms with van der Waals surface area (Å²) in [5.41, 5.74) is 2.07. The van der Waals surface area contributed by atoms with Gasteiger partial charge in [-0.3, -0.25) is 10.1 Å². The van der Waals surface area contributed by atoms with E-state index in [-0.39, 0.29) is 18.1 Å². The van der Waals surface area contributed by atoms with Crippen molar-refractivity contribution in [2.75, 3.05) is 7.11 Å². The summed E-state index contributed by atoms with van der Waals surface area (Å²) in [5, 5.41) is 12.9. The second kappa shape index (κ2) is 4.75. The Hall–Kier alpha value is -1.55. The molecule has 1 aliphatic carbocycles. The molecule has 92 valence electrons. The summed E-state index contributed by atoms with van der Waals surface area (Å²) < 4.78 is 4.68. The number of nitrogens with one attached hydrogen (secondary N) is 1. The van der Waals surface area contributed by atoms with E-state index in [4.69, 9.17) is 0 Å². The van der Waals surface area contributed by atoms with Gasteiger partial charge in [-0.1, -0.05) is 12.1 Å². The minimum absolute atomic E-state index is 0.117. The third-order valence-corrected chi connectivity index (χ3v) is 3.25. The molecule has 0 aliphatic heterocycles. The van der Waals surface area contributed by atoms with Gasteiger partial charge in [0.15, 0.2) is 0 Å². The van der Waals surface area contributed by atoms with E-state index in [1.807, 2.05) is 12.1 Å². The molecule has 4 nitrogen and oxygen atoms in total. The average Bonchev–Trinajstić information content (AvgIpc) is 2.73. The molecule has 4 heteroatoms. The van der Waals surface area contributed by atoms with Crippen molar-refractivity contribution in [3.63, 3.8) is 0 Å². The number of methoxy groups -OCH3 is 1. The molecule has 0 saturated heterocycles. The fourth-order valence-corrected chi connectivity index (χ4v) is 2.35. The zero-order valence-corrected chi connectivity index (χ0v) is 10.1. The van der Waals surface area contributed by atoms with E-state index in [2.05, 4.69) is 10.1 Å². The molecule has 2 atom stereocenters. The second-order valence-corrected chi connectivity index (χ2v) is 4.35. The van der Waals surface area contributed by atoms with Gasteiger partial charge in [0.2, 0.25) is 0 Å². The van der Waals surface area contributed by atoms with E-state index in [0.717, 1.165) is 24.0 Å². The van der Waals surface area contributed by atoms with Crippen molar-refractivity contribution in [1.29, 1.82) is 0 Å². The predicted octanol–water partition coefficient (Wildman–Crippen LogP) is 1.53. The Labute approximate surface area is 101 Å². The number of aromatic hydroxyl groups is 1. The highest BCUT2D eigenvalue weighted by molar-refractivity contribution is 5.75. The molecule has 0 bridgehead atoms. The maximum absolute atomic E-state index is 11.3. The molecule has 1 aromatic rings. The number of carbonyl (C=O) groups excluding carboxylic acids is 1. The number of phenolic OH excluding ortho intramolecular Hbond substituents is 1. The van der Waals surface area contributed by atoms with Crippen molar-refractivity contribution in [1.82, 2.24) is 5.32 Å². The Morgan fingerprint density at radius 1 is 1.59 bits per heavy atom. The zero-order valence-electron chi connectivity index (χ0n) is 10.1. The number of ether oxygens (including phenoxy) is 1. The average molecular weight is 235 g/mol. The number of rotatable bonds is 3. The third kappa shape index (κ3) is 2.26. The normalized spacial score (nSPS) is 19.8. The fourth-order valence-electron chi connectivity index (χ4n) is 2.35. The topological polar surface area (TPSA) is 58.6 Å². The quantitative estimate of drug-likeness (QED) is 0.780. The van der Waals surface area contributed by atoms with Crippen LogP contribution in [-0.2, 0) is 16.0 Å². The van der Waals surface area contributed by atoms with Gasteiger partial charge in [-0.2, -0.15) is 0 Å². The van der Waals surface area contributed by atoms with E-state index in [1.165, 1.54) is 7.11 Å². The first-order chi connectivity index (χ1) is 8.13. The summed E-state index contributed by atoms with van der Waals surface area (Å²) in [6.45, 7) is 1.78. The summed E-state index contributed by atoms with van der Waals surface area (Å²) in [6, 6.07) is 5.30. The molecule has 1 aromatic carbocycles.